The summed E-state index contributed by atoms with van der Waals surface area (Å²) in [5.41, 5.74) is 7.34. The zero-order chi connectivity index (χ0) is 20.3. The van der Waals surface area contributed by atoms with E-state index in [1.807, 2.05) is 41.5 Å². The maximum Gasteiger partial charge on any atom is 4.00 e. The van der Waals surface area contributed by atoms with Crippen LogP contribution in [0.1, 0.15) is 69.4 Å². The van der Waals surface area contributed by atoms with Gasteiger partial charge in [0.1, 0.15) is 0 Å². The van der Waals surface area contributed by atoms with E-state index >= 15 is 0 Å². The Morgan fingerprint density at radius 2 is 0.731 bits per heavy atom. The first kappa shape index (κ1) is 33.5. The van der Waals surface area contributed by atoms with Crippen molar-refractivity contribution in [3.8, 4) is 0 Å². The minimum atomic E-state index is 0. The van der Waals surface area contributed by atoms with Crippen molar-refractivity contribution in [2.45, 2.75) is 76.2 Å². The minimum Gasteiger partial charge on any atom is -0.663 e. The molecule has 0 amide bonds. The minimum absolute atomic E-state index is 0. The van der Waals surface area contributed by atoms with E-state index in [2.05, 4.69) is 50.6 Å². The SMILES string of the molecule is CC[N-]CC.CC[N-]CC.CC[N-]CC.Cc1c(C)c(C)[c-](C)c1C.[Ti+4]. The molecule has 0 N–H and O–H groups in total. The summed E-state index contributed by atoms with van der Waals surface area (Å²) in [5, 5.41) is 11.9. The Morgan fingerprint density at radius 1 is 0.538 bits per heavy atom. The van der Waals surface area contributed by atoms with Crippen molar-refractivity contribution in [1.29, 1.82) is 0 Å². The van der Waals surface area contributed by atoms with E-state index in [9.17, 15) is 0 Å². The third-order valence-electron chi connectivity index (χ3n) is 4.15. The van der Waals surface area contributed by atoms with E-state index in [1.54, 1.807) is 0 Å². The molecule has 152 valence electrons. The second-order valence-corrected chi connectivity index (χ2v) is 5.69. The van der Waals surface area contributed by atoms with E-state index in [0.717, 1.165) is 39.3 Å². The Balaban J connectivity index is -0.000000132. The molecule has 0 saturated carbocycles. The van der Waals surface area contributed by atoms with Crippen LogP contribution in [0.4, 0.5) is 0 Å². The summed E-state index contributed by atoms with van der Waals surface area (Å²) in [6.07, 6.45) is 0. The zero-order valence-electron chi connectivity index (χ0n) is 19.6. The van der Waals surface area contributed by atoms with Crippen LogP contribution in [-0.4, -0.2) is 39.3 Å². The first-order valence-corrected chi connectivity index (χ1v) is 9.89. The van der Waals surface area contributed by atoms with Crippen molar-refractivity contribution in [3.05, 3.63) is 43.8 Å². The summed E-state index contributed by atoms with van der Waals surface area (Å²) < 4.78 is 0. The average Bonchev–Trinajstić information content (AvgIpc) is 2.77. The Hall–Kier alpha value is -0.0557. The second kappa shape index (κ2) is 24.9. The molecule has 0 aliphatic carbocycles. The van der Waals surface area contributed by atoms with Crippen LogP contribution in [0.3, 0.4) is 0 Å². The maximum absolute atomic E-state index is 3.97. The summed E-state index contributed by atoms with van der Waals surface area (Å²) in [6, 6.07) is 0. The van der Waals surface area contributed by atoms with Gasteiger partial charge in [-0.3, -0.25) is 0 Å². The molecule has 1 aromatic carbocycles. The summed E-state index contributed by atoms with van der Waals surface area (Å²) in [6.45, 7) is 29.1. The molecule has 4 heteroatoms. The first-order chi connectivity index (χ1) is 11.8. The predicted molar refractivity (Wildman–Crippen MR) is 119 cm³/mol. The molecule has 0 aliphatic rings. The van der Waals surface area contributed by atoms with Gasteiger partial charge in [-0.25, -0.2) is 0 Å². The molecular weight excluding hydrogens is 354 g/mol. The van der Waals surface area contributed by atoms with Gasteiger partial charge in [-0.2, -0.15) is 67.1 Å². The molecule has 1 aromatic rings. The molecule has 0 heterocycles. The molecular formula is C22H45N3Ti. The van der Waals surface area contributed by atoms with Gasteiger partial charge in [0.15, 0.2) is 0 Å². The van der Waals surface area contributed by atoms with Crippen LogP contribution in [0.25, 0.3) is 16.0 Å². The number of hydrogen-bond donors (Lipinski definition) is 0. The van der Waals surface area contributed by atoms with Gasteiger partial charge in [-0.15, -0.1) is 0 Å². The summed E-state index contributed by atoms with van der Waals surface area (Å²) >= 11 is 0. The molecule has 0 atom stereocenters. The number of rotatable bonds is 6. The van der Waals surface area contributed by atoms with E-state index in [4.69, 9.17) is 0 Å². The molecule has 0 radical (unpaired) electrons. The fourth-order valence-corrected chi connectivity index (χ4v) is 2.08. The third kappa shape index (κ3) is 18.7. The van der Waals surface area contributed by atoms with Crippen LogP contribution in [0.5, 0.6) is 0 Å². The van der Waals surface area contributed by atoms with Gasteiger partial charge in [0.05, 0.1) is 0 Å². The van der Waals surface area contributed by atoms with Gasteiger partial charge in [0, 0.05) is 0 Å². The zero-order valence-corrected chi connectivity index (χ0v) is 21.1. The maximum atomic E-state index is 3.97. The molecule has 0 fully saturated rings. The molecule has 1 rings (SSSR count). The normalized spacial score (nSPS) is 8.88. The topological polar surface area (TPSA) is 42.3 Å². The first-order valence-electron chi connectivity index (χ1n) is 9.89. The summed E-state index contributed by atoms with van der Waals surface area (Å²) in [7, 11) is 0. The molecule has 3 nitrogen and oxygen atoms in total. The van der Waals surface area contributed by atoms with Crippen molar-refractivity contribution in [3.63, 3.8) is 0 Å². The van der Waals surface area contributed by atoms with Crippen molar-refractivity contribution >= 4 is 0 Å². The Bertz CT molecular complexity index is 287. The predicted octanol–water partition coefficient (Wildman–Crippen LogP) is 7.14. The van der Waals surface area contributed by atoms with Crippen molar-refractivity contribution in [1.82, 2.24) is 0 Å². The fourth-order valence-electron chi connectivity index (χ4n) is 2.08. The number of hydrogen-bond acceptors (Lipinski definition) is 0. The van der Waals surface area contributed by atoms with Crippen molar-refractivity contribution < 1.29 is 21.7 Å². The fraction of sp³-hybridized carbons (Fsp3) is 0.773. The Kier molecular flexibility index (Phi) is 32.2. The average molecular weight is 399 g/mol. The molecule has 0 spiro atoms. The number of nitrogens with zero attached hydrogens (tertiary/aromatic N) is 3. The van der Waals surface area contributed by atoms with Gasteiger partial charge >= 0.3 is 21.7 Å². The molecule has 0 bridgehead atoms. The van der Waals surface area contributed by atoms with Gasteiger partial charge < -0.3 is 16.0 Å². The smallest absolute Gasteiger partial charge is 0.663 e. The Morgan fingerprint density at radius 3 is 0.769 bits per heavy atom. The monoisotopic (exact) mass is 399 g/mol. The van der Waals surface area contributed by atoms with Crippen LogP contribution in [0.15, 0.2) is 0 Å². The quantitative estimate of drug-likeness (QED) is 0.360. The molecule has 0 unspecified atom stereocenters. The summed E-state index contributed by atoms with van der Waals surface area (Å²) in [4.78, 5) is 0. The van der Waals surface area contributed by atoms with Crippen LogP contribution in [0, 0.1) is 34.6 Å². The standard InChI is InChI=1S/C10H15.3C4H10N.Ti/c1-6-7(2)9(4)10(5)8(6)3;3*1-3-5-4-2;/h1-5H3;3*3-4H2,1-2H3;/q4*-1;+4. The molecule has 0 saturated heterocycles. The van der Waals surface area contributed by atoms with Gasteiger partial charge in [0.2, 0.25) is 0 Å². The second-order valence-electron chi connectivity index (χ2n) is 5.69. The van der Waals surface area contributed by atoms with Crippen LogP contribution >= 0.6 is 0 Å². The van der Waals surface area contributed by atoms with Crippen molar-refractivity contribution in [2.75, 3.05) is 39.3 Å². The summed E-state index contributed by atoms with van der Waals surface area (Å²) in [5.74, 6) is 0. The van der Waals surface area contributed by atoms with Gasteiger partial charge in [0.25, 0.3) is 0 Å². The van der Waals surface area contributed by atoms with Gasteiger partial charge in [-0.1, -0.05) is 76.2 Å². The van der Waals surface area contributed by atoms with E-state index < -0.39 is 0 Å². The van der Waals surface area contributed by atoms with Crippen LogP contribution < -0.4 is 0 Å². The molecule has 26 heavy (non-hydrogen) atoms. The van der Waals surface area contributed by atoms with E-state index in [1.165, 1.54) is 27.8 Å². The van der Waals surface area contributed by atoms with Gasteiger partial charge in [-0.05, 0) is 0 Å². The van der Waals surface area contributed by atoms with E-state index in [0.29, 0.717) is 0 Å². The molecule has 0 aromatic heterocycles. The third-order valence-corrected chi connectivity index (χ3v) is 4.15. The molecule has 0 aliphatic heterocycles. The van der Waals surface area contributed by atoms with Crippen LogP contribution in [-0.2, 0) is 21.7 Å². The Labute approximate surface area is 180 Å². The van der Waals surface area contributed by atoms with Crippen LogP contribution in [0.2, 0.25) is 0 Å². The largest absolute Gasteiger partial charge is 4.00 e. The van der Waals surface area contributed by atoms with E-state index in [-0.39, 0.29) is 21.7 Å². The van der Waals surface area contributed by atoms with Crippen molar-refractivity contribution in [2.24, 2.45) is 0 Å².